The first-order valence-corrected chi connectivity index (χ1v) is 5.28. The molecule has 6 heteroatoms. The summed E-state index contributed by atoms with van der Waals surface area (Å²) >= 11 is 0. The van der Waals surface area contributed by atoms with Crippen molar-refractivity contribution in [2.24, 2.45) is 0 Å². The van der Waals surface area contributed by atoms with Crippen molar-refractivity contribution in [1.82, 2.24) is 4.90 Å². The Balaban J connectivity index is 2.09. The Morgan fingerprint density at radius 3 is 1.94 bits per heavy atom. The molecule has 0 saturated carbocycles. The summed E-state index contributed by atoms with van der Waals surface area (Å²) in [5.41, 5.74) is 0. The predicted octanol–water partition coefficient (Wildman–Crippen LogP) is 2.67. The third kappa shape index (κ3) is 2.97. The maximum absolute atomic E-state index is 12.5. The minimum absolute atomic E-state index is 0.0170. The lowest BCUT2D eigenvalue weighted by atomic mass is 10.3. The lowest BCUT2D eigenvalue weighted by Crippen LogP contribution is -2.34. The molecule has 0 atom stereocenters. The molecule has 0 N–H and O–H groups in total. The van der Waals surface area contributed by atoms with E-state index in [1.54, 1.807) is 24.3 Å². The summed E-state index contributed by atoms with van der Waals surface area (Å²) < 4.78 is 35.1. The molecule has 2 aromatic rings. The smallest absolute Gasteiger partial charge is 0.315 e. The van der Waals surface area contributed by atoms with Crippen molar-refractivity contribution in [3.05, 3.63) is 48.3 Å². The van der Waals surface area contributed by atoms with Gasteiger partial charge in [0, 0.05) is 0 Å². The van der Waals surface area contributed by atoms with E-state index >= 15 is 0 Å². The zero-order valence-corrected chi connectivity index (χ0v) is 9.38. The van der Waals surface area contributed by atoms with Gasteiger partial charge in [-0.2, -0.15) is 8.78 Å². The van der Waals surface area contributed by atoms with Gasteiger partial charge in [-0.05, 0) is 24.3 Å². The number of amides is 1. The third-order valence-electron chi connectivity index (χ3n) is 2.35. The number of carbonyl (C=O) groups is 1. The Labute approximate surface area is 102 Å². The second kappa shape index (κ2) is 5.48. The lowest BCUT2D eigenvalue weighted by Gasteiger charge is -2.19. The molecule has 0 aliphatic heterocycles. The number of rotatable bonds is 5. The Kier molecular flexibility index (Phi) is 3.76. The zero-order chi connectivity index (χ0) is 13.0. The minimum atomic E-state index is -3.05. The summed E-state index contributed by atoms with van der Waals surface area (Å²) in [6.45, 7) is -0.0340. The van der Waals surface area contributed by atoms with E-state index in [9.17, 15) is 13.6 Å². The van der Waals surface area contributed by atoms with Gasteiger partial charge in [-0.25, -0.2) is 0 Å². The van der Waals surface area contributed by atoms with Gasteiger partial charge in [0.1, 0.15) is 11.5 Å². The van der Waals surface area contributed by atoms with Crippen LogP contribution in [0.15, 0.2) is 45.6 Å². The molecule has 2 heterocycles. The van der Waals surface area contributed by atoms with Crippen LogP contribution in [0.3, 0.4) is 0 Å². The normalized spacial score (nSPS) is 10.8. The number of alkyl halides is 2. The maximum Gasteiger partial charge on any atom is 0.315 e. The average Bonchev–Trinajstić information content (AvgIpc) is 2.99. The number of halogens is 2. The Bertz CT molecular complexity index is 443. The van der Waals surface area contributed by atoms with Crippen molar-refractivity contribution in [2.75, 3.05) is 0 Å². The van der Waals surface area contributed by atoms with Gasteiger partial charge in [0.2, 0.25) is 0 Å². The summed E-state index contributed by atoms with van der Waals surface area (Å²) in [7, 11) is 0. The molecule has 0 radical (unpaired) electrons. The van der Waals surface area contributed by atoms with Crippen LogP contribution in [-0.4, -0.2) is 17.2 Å². The lowest BCUT2D eigenvalue weighted by molar-refractivity contribution is -0.144. The molecule has 0 bridgehead atoms. The highest BCUT2D eigenvalue weighted by molar-refractivity contribution is 5.79. The maximum atomic E-state index is 12.5. The van der Waals surface area contributed by atoms with Crippen molar-refractivity contribution < 1.29 is 22.4 Å². The molecule has 0 spiro atoms. The standard InChI is InChI=1S/C12H11F2NO3/c13-11(14)12(16)15(7-9-3-1-5-17-9)8-10-4-2-6-18-10/h1-6,11H,7-8H2. The largest absolute Gasteiger partial charge is 0.467 e. The third-order valence-corrected chi connectivity index (χ3v) is 2.35. The number of carbonyl (C=O) groups excluding carboxylic acids is 1. The molecule has 0 unspecified atom stereocenters. The van der Waals surface area contributed by atoms with Crippen LogP contribution in [-0.2, 0) is 17.9 Å². The molecule has 2 rings (SSSR count). The van der Waals surface area contributed by atoms with E-state index < -0.39 is 12.3 Å². The fraction of sp³-hybridized carbons (Fsp3) is 0.250. The van der Waals surface area contributed by atoms with Crippen LogP contribution in [0.4, 0.5) is 8.78 Å². The topological polar surface area (TPSA) is 46.6 Å². The number of hydrogen-bond acceptors (Lipinski definition) is 3. The van der Waals surface area contributed by atoms with Crippen LogP contribution < -0.4 is 0 Å². The van der Waals surface area contributed by atoms with E-state index in [-0.39, 0.29) is 13.1 Å². The highest BCUT2D eigenvalue weighted by atomic mass is 19.3. The molecule has 1 amide bonds. The molecule has 4 nitrogen and oxygen atoms in total. The first-order valence-electron chi connectivity index (χ1n) is 5.28. The van der Waals surface area contributed by atoms with E-state index in [0.717, 1.165) is 4.90 Å². The molecule has 0 aromatic carbocycles. The molecular formula is C12H11F2NO3. The van der Waals surface area contributed by atoms with Crippen LogP contribution in [0.25, 0.3) is 0 Å². The summed E-state index contributed by atoms with van der Waals surface area (Å²) in [5.74, 6) is -0.367. The first-order chi connectivity index (χ1) is 8.66. The first kappa shape index (κ1) is 12.3. The van der Waals surface area contributed by atoms with Crippen molar-refractivity contribution in [1.29, 1.82) is 0 Å². The monoisotopic (exact) mass is 255 g/mol. The van der Waals surface area contributed by atoms with E-state index in [0.29, 0.717) is 11.5 Å². The Hall–Kier alpha value is -2.11. The van der Waals surface area contributed by atoms with Crippen molar-refractivity contribution in [3.63, 3.8) is 0 Å². The van der Waals surface area contributed by atoms with Crippen LogP contribution in [0.1, 0.15) is 11.5 Å². The van der Waals surface area contributed by atoms with E-state index in [1.165, 1.54) is 12.5 Å². The second-order valence-electron chi connectivity index (χ2n) is 3.65. The number of furan rings is 2. The molecule has 0 fully saturated rings. The van der Waals surface area contributed by atoms with Gasteiger partial charge in [-0.1, -0.05) is 0 Å². The summed E-state index contributed by atoms with van der Waals surface area (Å²) in [6.07, 6.45) is -0.199. The Morgan fingerprint density at radius 2 is 1.61 bits per heavy atom. The summed E-state index contributed by atoms with van der Waals surface area (Å²) in [4.78, 5) is 12.4. The van der Waals surface area contributed by atoms with Gasteiger partial charge in [-0.15, -0.1) is 0 Å². The van der Waals surface area contributed by atoms with Crippen LogP contribution in [0, 0.1) is 0 Å². The second-order valence-corrected chi connectivity index (χ2v) is 3.65. The van der Waals surface area contributed by atoms with E-state index in [2.05, 4.69) is 0 Å². The van der Waals surface area contributed by atoms with E-state index in [1.807, 2.05) is 0 Å². The number of hydrogen-bond donors (Lipinski definition) is 0. The SMILES string of the molecule is O=C(C(F)F)N(Cc1ccco1)Cc1ccco1. The molecule has 96 valence electrons. The summed E-state index contributed by atoms with van der Waals surface area (Å²) in [5, 5.41) is 0. The quantitative estimate of drug-likeness (QED) is 0.825. The molecular weight excluding hydrogens is 244 g/mol. The van der Waals surface area contributed by atoms with Crippen LogP contribution in [0.2, 0.25) is 0 Å². The molecule has 18 heavy (non-hydrogen) atoms. The van der Waals surface area contributed by atoms with Gasteiger partial charge in [0.25, 0.3) is 5.91 Å². The van der Waals surface area contributed by atoms with Crippen molar-refractivity contribution in [2.45, 2.75) is 19.5 Å². The fourth-order valence-electron chi connectivity index (χ4n) is 1.53. The van der Waals surface area contributed by atoms with Gasteiger partial charge in [-0.3, -0.25) is 4.79 Å². The average molecular weight is 255 g/mol. The predicted molar refractivity (Wildman–Crippen MR) is 57.7 cm³/mol. The Morgan fingerprint density at radius 1 is 1.11 bits per heavy atom. The highest BCUT2D eigenvalue weighted by Crippen LogP contribution is 2.13. The molecule has 0 saturated heterocycles. The van der Waals surface area contributed by atoms with Crippen LogP contribution in [0.5, 0.6) is 0 Å². The van der Waals surface area contributed by atoms with Crippen molar-refractivity contribution in [3.8, 4) is 0 Å². The minimum Gasteiger partial charge on any atom is -0.467 e. The fourth-order valence-corrected chi connectivity index (χ4v) is 1.53. The van der Waals surface area contributed by atoms with Gasteiger partial charge >= 0.3 is 6.43 Å². The summed E-state index contributed by atoms with van der Waals surface area (Å²) in [6, 6.07) is 6.50. The van der Waals surface area contributed by atoms with Gasteiger partial charge in [0.15, 0.2) is 0 Å². The molecule has 2 aromatic heterocycles. The number of nitrogens with zero attached hydrogens (tertiary/aromatic N) is 1. The molecule has 0 aliphatic carbocycles. The van der Waals surface area contributed by atoms with Crippen molar-refractivity contribution >= 4 is 5.91 Å². The van der Waals surface area contributed by atoms with Crippen LogP contribution >= 0.6 is 0 Å². The van der Waals surface area contributed by atoms with Gasteiger partial charge < -0.3 is 13.7 Å². The molecule has 0 aliphatic rings. The highest BCUT2D eigenvalue weighted by Gasteiger charge is 2.25. The van der Waals surface area contributed by atoms with Gasteiger partial charge in [0.05, 0.1) is 25.6 Å². The van der Waals surface area contributed by atoms with E-state index in [4.69, 9.17) is 8.83 Å². The zero-order valence-electron chi connectivity index (χ0n) is 9.38.